The van der Waals surface area contributed by atoms with Crippen molar-refractivity contribution >= 4 is 18.1 Å². The van der Waals surface area contributed by atoms with E-state index in [0.717, 1.165) is 18.4 Å². The van der Waals surface area contributed by atoms with E-state index >= 15 is 4.39 Å². The molecule has 2 amide bonds. The molecule has 2 N–H and O–H groups in total. The van der Waals surface area contributed by atoms with Crippen LogP contribution < -0.4 is 15.4 Å². The predicted molar refractivity (Wildman–Crippen MR) is 170 cm³/mol. The van der Waals surface area contributed by atoms with Crippen molar-refractivity contribution in [2.75, 3.05) is 18.4 Å². The summed E-state index contributed by atoms with van der Waals surface area (Å²) >= 11 is 0. The number of rotatable bonds is 9. The Morgan fingerprint density at radius 1 is 1.00 bits per heavy atom. The molecule has 2 aromatic heterocycles. The number of anilines is 1. The average molecular weight is 629 g/mol. The van der Waals surface area contributed by atoms with Gasteiger partial charge in [-0.1, -0.05) is 42.5 Å². The van der Waals surface area contributed by atoms with Crippen molar-refractivity contribution in [3.63, 3.8) is 0 Å². The highest BCUT2D eigenvalue weighted by Gasteiger charge is 2.26. The Balaban J connectivity index is 1.24. The average Bonchev–Trinajstić information content (AvgIpc) is 3.04. The van der Waals surface area contributed by atoms with E-state index in [0.29, 0.717) is 30.3 Å². The highest BCUT2D eigenvalue weighted by atomic mass is 19.1. The van der Waals surface area contributed by atoms with Crippen molar-refractivity contribution in [1.82, 2.24) is 25.2 Å². The topological polar surface area (TPSA) is 128 Å². The Morgan fingerprint density at radius 3 is 2.63 bits per heavy atom. The lowest BCUT2D eigenvalue weighted by Crippen LogP contribution is -2.45. The Hall–Kier alpha value is -5.26. The second-order valence-corrected chi connectivity index (χ2v) is 11.8. The number of halogens is 1. The highest BCUT2D eigenvalue weighted by molar-refractivity contribution is 5.69. The summed E-state index contributed by atoms with van der Waals surface area (Å²) in [4.78, 5) is 39.9. The lowest BCUT2D eigenvalue weighted by atomic mass is 10.1. The fourth-order valence-corrected chi connectivity index (χ4v) is 4.86. The summed E-state index contributed by atoms with van der Waals surface area (Å²) in [5, 5.41) is 5.90. The SMILES string of the molecule is CC(C)(C)OC(=O)NCc1cccc(Oc2ncccc2-c2ccnc(N[C@H]3CCCN(C(=O)OCc4ccccc4)C3)n2)c1F. The van der Waals surface area contributed by atoms with Crippen molar-refractivity contribution in [1.29, 1.82) is 0 Å². The lowest BCUT2D eigenvalue weighted by molar-refractivity contribution is 0.0523. The molecular weight excluding hydrogens is 591 g/mol. The van der Waals surface area contributed by atoms with Crippen molar-refractivity contribution in [3.05, 3.63) is 96.1 Å². The molecule has 5 rings (SSSR count). The number of aromatic nitrogens is 3. The van der Waals surface area contributed by atoms with Crippen LogP contribution >= 0.6 is 0 Å². The predicted octanol–water partition coefficient (Wildman–Crippen LogP) is 6.71. The molecule has 3 heterocycles. The molecule has 1 aliphatic heterocycles. The van der Waals surface area contributed by atoms with Gasteiger partial charge >= 0.3 is 12.2 Å². The van der Waals surface area contributed by atoms with Crippen LogP contribution in [0.25, 0.3) is 11.3 Å². The van der Waals surface area contributed by atoms with Crippen molar-refractivity contribution < 1.29 is 28.2 Å². The quantitative estimate of drug-likeness (QED) is 0.208. The number of hydrogen-bond donors (Lipinski definition) is 2. The third-order valence-corrected chi connectivity index (χ3v) is 6.99. The minimum absolute atomic E-state index is 0.0581. The van der Waals surface area contributed by atoms with Crippen LogP contribution in [-0.4, -0.2) is 56.8 Å². The third kappa shape index (κ3) is 8.90. The third-order valence-electron chi connectivity index (χ3n) is 6.99. The Bertz CT molecular complexity index is 1650. The molecule has 2 aromatic carbocycles. The van der Waals surface area contributed by atoms with Crippen LogP contribution in [0.2, 0.25) is 0 Å². The molecule has 46 heavy (non-hydrogen) atoms. The minimum Gasteiger partial charge on any atom is -0.445 e. The highest BCUT2D eigenvalue weighted by Crippen LogP contribution is 2.32. The molecule has 0 unspecified atom stereocenters. The van der Waals surface area contributed by atoms with Crippen molar-refractivity contribution in [2.45, 2.75) is 58.4 Å². The minimum atomic E-state index is -0.674. The van der Waals surface area contributed by atoms with Gasteiger partial charge in [0.15, 0.2) is 11.6 Å². The van der Waals surface area contributed by atoms with Crippen LogP contribution in [0.5, 0.6) is 11.6 Å². The molecule has 12 heteroatoms. The number of pyridine rings is 1. The van der Waals surface area contributed by atoms with Gasteiger partial charge in [-0.2, -0.15) is 0 Å². The van der Waals surface area contributed by atoms with Crippen molar-refractivity contribution in [2.24, 2.45) is 0 Å². The summed E-state index contributed by atoms with van der Waals surface area (Å²) < 4.78 is 32.1. The molecule has 0 spiro atoms. The zero-order valence-corrected chi connectivity index (χ0v) is 26.0. The van der Waals surface area contributed by atoms with Gasteiger partial charge < -0.3 is 29.7 Å². The van der Waals surface area contributed by atoms with Crippen LogP contribution in [0, 0.1) is 5.82 Å². The first-order chi connectivity index (χ1) is 22.1. The molecule has 0 bridgehead atoms. The molecular formula is C34H37FN6O5. The maximum atomic E-state index is 15.4. The molecule has 11 nitrogen and oxygen atoms in total. The summed E-state index contributed by atoms with van der Waals surface area (Å²) in [5.74, 6) is -0.173. The van der Waals surface area contributed by atoms with E-state index in [1.54, 1.807) is 68.4 Å². The van der Waals surface area contributed by atoms with E-state index in [-0.39, 0.29) is 42.5 Å². The standard InChI is InChI=1S/C34H37FN6O5/c1-34(2,3)46-32(42)38-20-24-12-7-15-28(29(24)35)45-30-26(14-8-17-36-30)27-16-18-37-31(40-27)39-25-13-9-19-41(21-25)33(43)44-22-23-10-5-4-6-11-23/h4-8,10-12,14-18,25H,9,13,19-22H2,1-3H3,(H,38,42)(H,37,39,40)/t25-/m0/s1. The zero-order valence-electron chi connectivity index (χ0n) is 26.0. The van der Waals surface area contributed by atoms with Crippen molar-refractivity contribution in [3.8, 4) is 22.9 Å². The van der Waals surface area contributed by atoms with Gasteiger partial charge in [0.1, 0.15) is 12.2 Å². The second-order valence-electron chi connectivity index (χ2n) is 11.8. The summed E-state index contributed by atoms with van der Waals surface area (Å²) in [6.45, 7) is 6.43. The van der Waals surface area contributed by atoms with E-state index in [1.807, 2.05) is 30.3 Å². The van der Waals surface area contributed by atoms with Gasteiger partial charge in [0.05, 0.1) is 11.3 Å². The monoisotopic (exact) mass is 628 g/mol. The number of nitrogens with zero attached hydrogens (tertiary/aromatic N) is 4. The van der Waals surface area contributed by atoms with Gasteiger partial charge in [0.2, 0.25) is 11.8 Å². The molecule has 1 atom stereocenters. The fourth-order valence-electron chi connectivity index (χ4n) is 4.86. The molecule has 0 saturated carbocycles. The number of likely N-dealkylation sites (tertiary alicyclic amines) is 1. The van der Waals surface area contributed by atoms with Gasteiger partial charge in [-0.25, -0.2) is 28.9 Å². The largest absolute Gasteiger partial charge is 0.445 e. The van der Waals surface area contributed by atoms with E-state index in [9.17, 15) is 9.59 Å². The normalized spacial score (nSPS) is 14.7. The molecule has 0 radical (unpaired) electrons. The first-order valence-corrected chi connectivity index (χ1v) is 15.1. The number of benzene rings is 2. The van der Waals surface area contributed by atoms with Gasteiger partial charge in [0.25, 0.3) is 0 Å². The molecule has 1 aliphatic rings. The number of piperidine rings is 1. The van der Waals surface area contributed by atoms with Gasteiger partial charge in [-0.3, -0.25) is 0 Å². The Kier molecular flexibility index (Phi) is 10.3. The number of carbonyl (C=O) groups excluding carboxylic acids is 2. The van der Waals surface area contributed by atoms with Crippen LogP contribution in [0.3, 0.4) is 0 Å². The molecule has 240 valence electrons. The number of hydrogen-bond acceptors (Lipinski definition) is 9. The van der Waals surface area contributed by atoms with Crippen LogP contribution in [0.1, 0.15) is 44.7 Å². The van der Waals surface area contributed by atoms with Gasteiger partial charge in [-0.05, 0) is 63.4 Å². The second kappa shape index (κ2) is 14.7. The van der Waals surface area contributed by atoms with E-state index in [2.05, 4.69) is 25.6 Å². The number of ether oxygens (including phenoxy) is 3. The summed E-state index contributed by atoms with van der Waals surface area (Å²) in [5.41, 5.74) is 1.52. The lowest BCUT2D eigenvalue weighted by Gasteiger charge is -2.32. The first-order valence-electron chi connectivity index (χ1n) is 15.1. The van der Waals surface area contributed by atoms with Crippen LogP contribution in [0.15, 0.2) is 79.1 Å². The van der Waals surface area contributed by atoms with E-state index in [4.69, 9.17) is 14.2 Å². The molecule has 1 saturated heterocycles. The van der Waals surface area contributed by atoms with Crippen LogP contribution in [-0.2, 0) is 22.6 Å². The Morgan fingerprint density at radius 2 is 1.83 bits per heavy atom. The smallest absolute Gasteiger partial charge is 0.410 e. The molecule has 4 aromatic rings. The van der Waals surface area contributed by atoms with Gasteiger partial charge in [-0.15, -0.1) is 0 Å². The molecule has 0 aliphatic carbocycles. The van der Waals surface area contributed by atoms with Crippen LogP contribution in [0.4, 0.5) is 19.9 Å². The maximum Gasteiger partial charge on any atom is 0.410 e. The van der Waals surface area contributed by atoms with Gasteiger partial charge in [0, 0.05) is 43.6 Å². The zero-order chi connectivity index (χ0) is 32.5. The van der Waals surface area contributed by atoms with E-state index in [1.165, 1.54) is 6.07 Å². The fraction of sp³-hybridized carbons (Fsp3) is 0.324. The first kappa shape index (κ1) is 32.1. The summed E-state index contributed by atoms with van der Waals surface area (Å²) in [6.07, 6.45) is 3.77. The number of alkyl carbamates (subject to hydrolysis) is 1. The summed E-state index contributed by atoms with van der Waals surface area (Å²) in [6, 6.07) is 19.4. The number of carbonyl (C=O) groups is 2. The summed E-state index contributed by atoms with van der Waals surface area (Å²) in [7, 11) is 0. The number of amides is 2. The number of nitrogens with one attached hydrogen (secondary N) is 2. The van der Waals surface area contributed by atoms with E-state index < -0.39 is 17.5 Å². The maximum absolute atomic E-state index is 15.4. The molecule has 1 fully saturated rings. The Labute approximate surface area is 267 Å².